The van der Waals surface area contributed by atoms with Gasteiger partial charge in [-0.1, -0.05) is 0 Å². The van der Waals surface area contributed by atoms with E-state index in [2.05, 4.69) is 4.90 Å². The first-order chi connectivity index (χ1) is 11.2. The minimum absolute atomic E-state index is 0.159. The molecule has 0 aliphatic carbocycles. The first kappa shape index (κ1) is 17.1. The van der Waals surface area contributed by atoms with Gasteiger partial charge in [0.25, 0.3) is 0 Å². The average Bonchev–Trinajstić information content (AvgIpc) is 2.61. The predicted molar refractivity (Wildman–Crippen MR) is 87.8 cm³/mol. The van der Waals surface area contributed by atoms with E-state index in [0.717, 1.165) is 78.0 Å². The first-order valence-corrected chi connectivity index (χ1v) is 9.30. The molecule has 0 saturated carbocycles. The molecule has 1 unspecified atom stereocenters. The Morgan fingerprint density at radius 2 is 1.87 bits per heavy atom. The van der Waals surface area contributed by atoms with Crippen LogP contribution in [-0.2, 0) is 9.63 Å². The van der Waals surface area contributed by atoms with Crippen LogP contribution >= 0.6 is 0 Å². The molecule has 0 aromatic rings. The van der Waals surface area contributed by atoms with E-state index < -0.39 is 0 Å². The summed E-state index contributed by atoms with van der Waals surface area (Å²) in [6.45, 7) is 6.09. The molecule has 1 amide bonds. The van der Waals surface area contributed by atoms with Gasteiger partial charge in [-0.3, -0.25) is 14.5 Å². The van der Waals surface area contributed by atoms with Crippen molar-refractivity contribution in [2.75, 3.05) is 45.9 Å². The van der Waals surface area contributed by atoms with E-state index >= 15 is 0 Å². The normalized spacial score (nSPS) is 28.9. The zero-order valence-corrected chi connectivity index (χ0v) is 14.2. The van der Waals surface area contributed by atoms with Gasteiger partial charge in [-0.2, -0.15) is 5.06 Å². The molecule has 23 heavy (non-hydrogen) atoms. The molecule has 1 atom stereocenters. The van der Waals surface area contributed by atoms with Gasteiger partial charge in [0.2, 0.25) is 5.91 Å². The van der Waals surface area contributed by atoms with Gasteiger partial charge in [0.15, 0.2) is 0 Å². The van der Waals surface area contributed by atoms with Crippen molar-refractivity contribution in [3.05, 3.63) is 0 Å². The van der Waals surface area contributed by atoms with Crippen molar-refractivity contribution in [3.63, 3.8) is 0 Å². The number of hydrogen-bond acceptors (Lipinski definition) is 5. The summed E-state index contributed by atoms with van der Waals surface area (Å²) in [5.74, 6) is 0.260. The van der Waals surface area contributed by atoms with Gasteiger partial charge in [0.1, 0.15) is 0 Å². The molecule has 0 radical (unpaired) electrons. The third kappa shape index (κ3) is 4.89. The highest BCUT2D eigenvalue weighted by atomic mass is 16.7. The van der Waals surface area contributed by atoms with Crippen molar-refractivity contribution in [3.8, 4) is 0 Å². The van der Waals surface area contributed by atoms with Crippen molar-refractivity contribution in [1.29, 1.82) is 0 Å². The second-order valence-corrected chi connectivity index (χ2v) is 7.12. The number of aliphatic hydroxyl groups excluding tert-OH is 1. The Bertz CT molecular complexity index is 379. The number of carbonyl (C=O) groups excluding carboxylic acids is 1. The second-order valence-electron chi connectivity index (χ2n) is 7.12. The van der Waals surface area contributed by atoms with Gasteiger partial charge in [0, 0.05) is 45.2 Å². The molecule has 3 heterocycles. The van der Waals surface area contributed by atoms with Crippen LogP contribution in [0.3, 0.4) is 0 Å². The van der Waals surface area contributed by atoms with Crippen LogP contribution in [0.5, 0.6) is 0 Å². The topological polar surface area (TPSA) is 56.2 Å². The van der Waals surface area contributed by atoms with Crippen molar-refractivity contribution >= 4 is 5.91 Å². The number of likely N-dealkylation sites (tertiary alicyclic amines) is 2. The Labute approximate surface area is 139 Å². The summed E-state index contributed by atoms with van der Waals surface area (Å²) in [5.41, 5.74) is 0. The van der Waals surface area contributed by atoms with E-state index in [9.17, 15) is 9.90 Å². The Balaban J connectivity index is 1.37. The molecule has 0 bridgehead atoms. The fourth-order valence-corrected chi connectivity index (χ4v) is 4.00. The molecular weight excluding hydrogens is 294 g/mol. The highest BCUT2D eigenvalue weighted by Gasteiger charge is 2.29. The summed E-state index contributed by atoms with van der Waals surface area (Å²) >= 11 is 0. The van der Waals surface area contributed by atoms with Crippen LogP contribution in [0.15, 0.2) is 0 Å². The van der Waals surface area contributed by atoms with Gasteiger partial charge < -0.3 is 10.0 Å². The predicted octanol–water partition coefficient (Wildman–Crippen LogP) is 0.852. The molecule has 0 spiro atoms. The molecule has 6 nitrogen and oxygen atoms in total. The summed E-state index contributed by atoms with van der Waals surface area (Å²) < 4.78 is 0. The molecule has 1 N–H and O–H groups in total. The lowest BCUT2D eigenvalue weighted by molar-refractivity contribution is -0.182. The van der Waals surface area contributed by atoms with E-state index in [0.29, 0.717) is 12.5 Å². The summed E-state index contributed by atoms with van der Waals surface area (Å²) in [5, 5.41) is 11.8. The van der Waals surface area contributed by atoms with Gasteiger partial charge in [-0.15, -0.1) is 0 Å². The van der Waals surface area contributed by atoms with Crippen LogP contribution in [0.1, 0.15) is 44.9 Å². The summed E-state index contributed by atoms with van der Waals surface area (Å²) in [7, 11) is 0. The molecule has 3 rings (SSSR count). The lowest BCUT2D eigenvalue weighted by Gasteiger charge is -2.41. The van der Waals surface area contributed by atoms with E-state index in [4.69, 9.17) is 4.84 Å². The number of carbonyl (C=O) groups is 1. The fourth-order valence-electron chi connectivity index (χ4n) is 4.00. The van der Waals surface area contributed by atoms with Crippen LogP contribution in [0.2, 0.25) is 0 Å². The van der Waals surface area contributed by atoms with Gasteiger partial charge >= 0.3 is 0 Å². The smallest absolute Gasteiger partial charge is 0.223 e. The number of aliphatic hydroxyl groups is 1. The fraction of sp³-hybridized carbons (Fsp3) is 0.941. The van der Waals surface area contributed by atoms with Crippen molar-refractivity contribution in [1.82, 2.24) is 14.9 Å². The number of hydroxylamine groups is 2. The number of nitrogens with zero attached hydrogens (tertiary/aromatic N) is 3. The molecule has 3 aliphatic rings. The number of amides is 1. The molecule has 0 aromatic heterocycles. The zero-order valence-electron chi connectivity index (χ0n) is 14.2. The van der Waals surface area contributed by atoms with Crippen LogP contribution in [-0.4, -0.2) is 83.9 Å². The third-order valence-electron chi connectivity index (χ3n) is 5.41. The SMILES string of the molecule is O=C(CCN1CCCCO1)N1CCC(N2CCCC(O)C2)CC1. The van der Waals surface area contributed by atoms with Crippen LogP contribution in [0.25, 0.3) is 0 Å². The van der Waals surface area contributed by atoms with E-state index in [-0.39, 0.29) is 12.0 Å². The van der Waals surface area contributed by atoms with Crippen LogP contribution < -0.4 is 0 Å². The molecular formula is C17H31N3O3. The Hall–Kier alpha value is -0.690. The highest BCUT2D eigenvalue weighted by molar-refractivity contribution is 5.76. The van der Waals surface area contributed by atoms with Crippen molar-refractivity contribution in [2.24, 2.45) is 0 Å². The number of β-amino-alcohol motifs (C(OH)–C–C–N with tert-alkyl or cyclic N) is 1. The van der Waals surface area contributed by atoms with Crippen molar-refractivity contribution < 1.29 is 14.7 Å². The molecule has 3 aliphatic heterocycles. The second kappa shape index (κ2) is 8.42. The van der Waals surface area contributed by atoms with E-state index in [1.807, 2.05) is 9.96 Å². The maximum Gasteiger partial charge on any atom is 0.223 e. The monoisotopic (exact) mass is 325 g/mol. The van der Waals surface area contributed by atoms with Gasteiger partial charge in [-0.25, -0.2) is 0 Å². The van der Waals surface area contributed by atoms with Crippen LogP contribution in [0, 0.1) is 0 Å². The third-order valence-corrected chi connectivity index (χ3v) is 5.41. The lowest BCUT2D eigenvalue weighted by atomic mass is 9.99. The molecule has 6 heteroatoms. The van der Waals surface area contributed by atoms with E-state index in [1.165, 1.54) is 6.42 Å². The molecule has 3 saturated heterocycles. The molecule has 3 fully saturated rings. The van der Waals surface area contributed by atoms with Gasteiger partial charge in [0.05, 0.1) is 12.7 Å². The Morgan fingerprint density at radius 1 is 1.04 bits per heavy atom. The largest absolute Gasteiger partial charge is 0.392 e. The van der Waals surface area contributed by atoms with E-state index in [1.54, 1.807) is 0 Å². The highest BCUT2D eigenvalue weighted by Crippen LogP contribution is 2.21. The minimum atomic E-state index is -0.159. The van der Waals surface area contributed by atoms with Crippen LogP contribution in [0.4, 0.5) is 0 Å². The summed E-state index contributed by atoms with van der Waals surface area (Å²) in [4.78, 5) is 22.4. The first-order valence-electron chi connectivity index (χ1n) is 9.30. The number of rotatable bonds is 4. The number of piperidine rings is 2. The quantitative estimate of drug-likeness (QED) is 0.830. The Morgan fingerprint density at radius 3 is 2.57 bits per heavy atom. The average molecular weight is 325 g/mol. The summed E-state index contributed by atoms with van der Waals surface area (Å²) in [6, 6.07) is 0.541. The van der Waals surface area contributed by atoms with Gasteiger partial charge in [-0.05, 0) is 45.1 Å². The van der Waals surface area contributed by atoms with Crippen molar-refractivity contribution in [2.45, 2.75) is 57.1 Å². The molecule has 0 aromatic carbocycles. The zero-order chi connectivity index (χ0) is 16.1. The maximum absolute atomic E-state index is 12.4. The minimum Gasteiger partial charge on any atom is -0.392 e. The number of hydrogen-bond donors (Lipinski definition) is 1. The molecule has 132 valence electrons. The summed E-state index contributed by atoms with van der Waals surface area (Å²) in [6.07, 6.45) is 6.81. The Kier molecular flexibility index (Phi) is 6.28. The maximum atomic E-state index is 12.4. The standard InChI is InChI=1S/C17H31N3O3/c21-16-4-3-8-19(14-16)15-5-10-18(11-6-15)17(22)7-12-20-9-1-2-13-23-20/h15-16,21H,1-14H2. The lowest BCUT2D eigenvalue weighted by Crippen LogP contribution is -2.50.